The number of ether oxygens (including phenoxy) is 1. The fourth-order valence-electron chi connectivity index (χ4n) is 3.61. The minimum absolute atomic E-state index is 0.0498. The lowest BCUT2D eigenvalue weighted by Gasteiger charge is -2.32. The van der Waals surface area contributed by atoms with E-state index in [0.717, 1.165) is 12.0 Å². The molecule has 0 aliphatic carbocycles. The summed E-state index contributed by atoms with van der Waals surface area (Å²) in [6.07, 6.45) is 1.09. The van der Waals surface area contributed by atoms with E-state index in [9.17, 15) is 9.59 Å². The molecular weight excluding hydrogens is 519 g/mol. The lowest BCUT2D eigenvalue weighted by Crippen LogP contribution is -2.53. The molecule has 5 nitrogen and oxygen atoms in total. The van der Waals surface area contributed by atoms with Gasteiger partial charge in [-0.1, -0.05) is 90.3 Å². The zero-order valence-corrected chi connectivity index (χ0v) is 22.5. The standard InChI is InChI=1S/C28H29Cl3N2O3/c1-3-19(2)32-28(35)25(15-20-9-5-4-6-10-20)33(17-21-13-14-22(29)16-24(21)31)27(34)18-36-26-12-8-7-11-23(26)30/h4-14,16,19,25H,3,15,17-18H2,1-2H3,(H,32,35)/t19-,25-/m1/s1. The molecule has 3 aromatic carbocycles. The fraction of sp³-hybridized carbons (Fsp3) is 0.286. The van der Waals surface area contributed by atoms with Crippen LogP contribution in [0.5, 0.6) is 5.75 Å². The first-order valence-electron chi connectivity index (χ1n) is 11.7. The number of para-hydroxylation sites is 1. The zero-order valence-electron chi connectivity index (χ0n) is 20.2. The second kappa shape index (κ2) is 13.5. The van der Waals surface area contributed by atoms with Crippen LogP contribution in [0, 0.1) is 0 Å². The third-order valence-corrected chi connectivity index (χ3v) is 6.71. The van der Waals surface area contributed by atoms with Gasteiger partial charge in [-0.25, -0.2) is 0 Å². The predicted octanol–water partition coefficient (Wildman–Crippen LogP) is 6.58. The van der Waals surface area contributed by atoms with Crippen molar-refractivity contribution in [3.8, 4) is 5.75 Å². The lowest BCUT2D eigenvalue weighted by atomic mass is 10.0. The number of carbonyl (C=O) groups is 2. The summed E-state index contributed by atoms with van der Waals surface area (Å²) in [5, 5.41) is 4.32. The first kappa shape index (κ1) is 27.9. The van der Waals surface area contributed by atoms with Gasteiger partial charge in [0.1, 0.15) is 11.8 Å². The number of amides is 2. The number of rotatable bonds is 11. The maximum absolute atomic E-state index is 13.6. The Bertz CT molecular complexity index is 1170. The Morgan fingerprint density at radius 2 is 1.64 bits per heavy atom. The molecule has 0 saturated heterocycles. The van der Waals surface area contributed by atoms with Crippen molar-refractivity contribution in [2.45, 2.75) is 45.3 Å². The van der Waals surface area contributed by atoms with Crippen LogP contribution in [0.3, 0.4) is 0 Å². The van der Waals surface area contributed by atoms with Gasteiger partial charge in [-0.05, 0) is 48.7 Å². The Kier molecular flexibility index (Phi) is 10.5. The summed E-state index contributed by atoms with van der Waals surface area (Å²) >= 11 is 18.7. The Morgan fingerprint density at radius 1 is 0.944 bits per heavy atom. The van der Waals surface area contributed by atoms with E-state index in [1.54, 1.807) is 42.5 Å². The molecule has 0 heterocycles. The van der Waals surface area contributed by atoms with E-state index in [2.05, 4.69) is 5.32 Å². The lowest BCUT2D eigenvalue weighted by molar-refractivity contribution is -0.143. The van der Waals surface area contributed by atoms with E-state index in [4.69, 9.17) is 39.5 Å². The number of hydrogen-bond acceptors (Lipinski definition) is 3. The molecule has 0 aliphatic heterocycles. The third kappa shape index (κ3) is 7.89. The molecule has 3 aromatic rings. The van der Waals surface area contributed by atoms with Crippen LogP contribution in [-0.4, -0.2) is 35.4 Å². The summed E-state index contributed by atoms with van der Waals surface area (Å²) in [4.78, 5) is 28.6. The van der Waals surface area contributed by atoms with Gasteiger partial charge < -0.3 is 15.0 Å². The molecule has 0 unspecified atom stereocenters. The van der Waals surface area contributed by atoms with Crippen molar-refractivity contribution in [1.29, 1.82) is 0 Å². The highest BCUT2D eigenvalue weighted by molar-refractivity contribution is 6.35. The van der Waals surface area contributed by atoms with Crippen molar-refractivity contribution < 1.29 is 14.3 Å². The molecule has 0 aromatic heterocycles. The van der Waals surface area contributed by atoms with Crippen LogP contribution in [0.2, 0.25) is 15.1 Å². The van der Waals surface area contributed by atoms with Gasteiger partial charge in [0.2, 0.25) is 5.91 Å². The molecule has 190 valence electrons. The number of halogens is 3. The molecule has 8 heteroatoms. The first-order chi connectivity index (χ1) is 17.3. The average Bonchev–Trinajstić information content (AvgIpc) is 2.87. The summed E-state index contributed by atoms with van der Waals surface area (Å²) < 4.78 is 5.74. The Labute approximate surface area is 227 Å². The van der Waals surface area contributed by atoms with Crippen LogP contribution in [0.25, 0.3) is 0 Å². The van der Waals surface area contributed by atoms with E-state index in [-0.39, 0.29) is 31.0 Å². The van der Waals surface area contributed by atoms with Gasteiger partial charge in [0.05, 0.1) is 5.02 Å². The van der Waals surface area contributed by atoms with E-state index in [1.807, 2.05) is 44.2 Å². The van der Waals surface area contributed by atoms with E-state index >= 15 is 0 Å². The molecule has 2 atom stereocenters. The van der Waals surface area contributed by atoms with E-state index in [1.165, 1.54) is 4.90 Å². The van der Waals surface area contributed by atoms with Crippen molar-refractivity contribution in [3.05, 3.63) is 99.0 Å². The number of nitrogens with one attached hydrogen (secondary N) is 1. The summed E-state index contributed by atoms with van der Waals surface area (Å²) in [5.41, 5.74) is 1.59. The van der Waals surface area contributed by atoms with E-state index in [0.29, 0.717) is 32.8 Å². The molecule has 0 radical (unpaired) electrons. The third-order valence-electron chi connectivity index (χ3n) is 5.82. The molecular formula is C28H29Cl3N2O3. The predicted molar refractivity (Wildman–Crippen MR) is 146 cm³/mol. The molecule has 0 saturated carbocycles. The normalized spacial score (nSPS) is 12.5. The number of carbonyl (C=O) groups excluding carboxylic acids is 2. The van der Waals surface area contributed by atoms with Crippen LogP contribution in [0.1, 0.15) is 31.4 Å². The van der Waals surface area contributed by atoms with Crippen molar-refractivity contribution >= 4 is 46.6 Å². The summed E-state index contributed by atoms with van der Waals surface area (Å²) in [5.74, 6) is -0.230. The second-order valence-electron chi connectivity index (χ2n) is 8.50. The van der Waals surface area contributed by atoms with Gasteiger partial charge in [0.15, 0.2) is 6.61 Å². The highest BCUT2D eigenvalue weighted by atomic mass is 35.5. The number of nitrogens with zero attached hydrogens (tertiary/aromatic N) is 1. The van der Waals surface area contributed by atoms with E-state index < -0.39 is 6.04 Å². The molecule has 0 fully saturated rings. The molecule has 3 rings (SSSR count). The van der Waals surface area contributed by atoms with Crippen LogP contribution in [0.4, 0.5) is 0 Å². The van der Waals surface area contributed by atoms with Gasteiger partial charge in [-0.15, -0.1) is 0 Å². The molecule has 2 amide bonds. The zero-order chi connectivity index (χ0) is 26.1. The van der Waals surface area contributed by atoms with Gasteiger partial charge in [-0.3, -0.25) is 9.59 Å². The maximum atomic E-state index is 13.6. The summed E-state index contributed by atoms with van der Waals surface area (Å²) in [7, 11) is 0. The minimum Gasteiger partial charge on any atom is -0.482 e. The second-order valence-corrected chi connectivity index (χ2v) is 9.75. The quantitative estimate of drug-likeness (QED) is 0.295. The topological polar surface area (TPSA) is 58.6 Å². The fourth-order valence-corrected chi connectivity index (χ4v) is 4.27. The van der Waals surface area contributed by atoms with Crippen molar-refractivity contribution in [2.75, 3.05) is 6.61 Å². The molecule has 1 N–H and O–H groups in total. The van der Waals surface area contributed by atoms with Crippen molar-refractivity contribution in [1.82, 2.24) is 10.2 Å². The molecule has 0 bridgehead atoms. The smallest absolute Gasteiger partial charge is 0.261 e. The molecule has 0 aliphatic rings. The number of benzene rings is 3. The Morgan fingerprint density at radius 3 is 2.31 bits per heavy atom. The van der Waals surface area contributed by atoms with Gasteiger partial charge in [-0.2, -0.15) is 0 Å². The Balaban J connectivity index is 1.95. The monoisotopic (exact) mass is 546 g/mol. The first-order valence-corrected chi connectivity index (χ1v) is 12.9. The molecule has 0 spiro atoms. The summed E-state index contributed by atoms with van der Waals surface area (Å²) in [6.45, 7) is 3.73. The van der Waals surface area contributed by atoms with Gasteiger partial charge >= 0.3 is 0 Å². The van der Waals surface area contributed by atoms with Crippen LogP contribution >= 0.6 is 34.8 Å². The largest absolute Gasteiger partial charge is 0.482 e. The van der Waals surface area contributed by atoms with Crippen molar-refractivity contribution in [3.63, 3.8) is 0 Å². The average molecular weight is 548 g/mol. The maximum Gasteiger partial charge on any atom is 0.261 e. The summed E-state index contributed by atoms with van der Waals surface area (Å²) in [6, 6.07) is 20.7. The highest BCUT2D eigenvalue weighted by Gasteiger charge is 2.31. The highest BCUT2D eigenvalue weighted by Crippen LogP contribution is 2.26. The molecule has 36 heavy (non-hydrogen) atoms. The minimum atomic E-state index is -0.796. The van der Waals surface area contributed by atoms with Crippen LogP contribution < -0.4 is 10.1 Å². The SMILES string of the molecule is CC[C@@H](C)NC(=O)[C@@H](Cc1ccccc1)N(Cc1ccc(Cl)cc1Cl)C(=O)COc1ccccc1Cl. The van der Waals surface area contributed by atoms with Crippen LogP contribution in [-0.2, 0) is 22.6 Å². The van der Waals surface area contributed by atoms with Crippen molar-refractivity contribution in [2.24, 2.45) is 0 Å². The number of hydrogen-bond donors (Lipinski definition) is 1. The van der Waals surface area contributed by atoms with Gasteiger partial charge in [0, 0.05) is 29.1 Å². The van der Waals surface area contributed by atoms with Crippen LogP contribution in [0.15, 0.2) is 72.8 Å². The van der Waals surface area contributed by atoms with Gasteiger partial charge in [0.25, 0.3) is 5.91 Å². The Hall–Kier alpha value is -2.73.